The van der Waals surface area contributed by atoms with Gasteiger partial charge in [-0.1, -0.05) is 18.2 Å². The van der Waals surface area contributed by atoms with Crippen molar-refractivity contribution in [2.24, 2.45) is 5.73 Å². The fraction of sp³-hybridized carbons (Fsp3) is 0.222. The van der Waals surface area contributed by atoms with Gasteiger partial charge in [-0.2, -0.15) is 5.10 Å². The first-order chi connectivity index (χ1) is 12.1. The van der Waals surface area contributed by atoms with Gasteiger partial charge in [0.25, 0.3) is 0 Å². The zero-order valence-corrected chi connectivity index (χ0v) is 14.0. The van der Waals surface area contributed by atoms with E-state index in [9.17, 15) is 4.39 Å². The van der Waals surface area contributed by atoms with E-state index in [0.29, 0.717) is 29.5 Å². The number of nitrogens with zero attached hydrogens (tertiary/aromatic N) is 2. The van der Waals surface area contributed by atoms with Gasteiger partial charge >= 0.3 is 0 Å². The van der Waals surface area contributed by atoms with Crippen LogP contribution >= 0.6 is 0 Å². The van der Waals surface area contributed by atoms with E-state index < -0.39 is 6.04 Å². The lowest BCUT2D eigenvalue weighted by Gasteiger charge is -2.14. The van der Waals surface area contributed by atoms with Crippen molar-refractivity contribution in [3.8, 4) is 22.9 Å². The zero-order chi connectivity index (χ0) is 17.8. The Labute approximate surface area is 144 Å². The molecule has 0 unspecified atom stereocenters. The summed E-state index contributed by atoms with van der Waals surface area (Å²) in [5, 5.41) is 6.86. The number of hydrogen-bond donors (Lipinski definition) is 2. The number of methoxy groups -OCH3 is 1. The monoisotopic (exact) mass is 342 g/mol. The van der Waals surface area contributed by atoms with Crippen molar-refractivity contribution in [2.75, 3.05) is 13.7 Å². The van der Waals surface area contributed by atoms with E-state index >= 15 is 0 Å². The number of aromatic nitrogens is 3. The molecule has 0 aliphatic heterocycles. The number of nitrogens with one attached hydrogen (secondary N) is 1. The van der Waals surface area contributed by atoms with Crippen LogP contribution in [0.2, 0.25) is 0 Å². The Bertz CT molecular complexity index is 866. The summed E-state index contributed by atoms with van der Waals surface area (Å²) in [5.74, 6) is 1.55. The molecular weight excluding hydrogens is 323 g/mol. The van der Waals surface area contributed by atoms with Gasteiger partial charge in [0.15, 0.2) is 17.3 Å². The van der Waals surface area contributed by atoms with Crippen LogP contribution in [0.25, 0.3) is 11.4 Å². The summed E-state index contributed by atoms with van der Waals surface area (Å²) in [6.07, 6.45) is 0. The zero-order valence-electron chi connectivity index (χ0n) is 14.0. The van der Waals surface area contributed by atoms with Crippen LogP contribution in [0.15, 0.2) is 42.5 Å². The first-order valence-electron chi connectivity index (χ1n) is 7.87. The molecule has 2 aromatic carbocycles. The smallest absolute Gasteiger partial charge is 0.184 e. The molecule has 0 fully saturated rings. The third-order valence-corrected chi connectivity index (χ3v) is 3.76. The van der Waals surface area contributed by atoms with Crippen LogP contribution in [0.5, 0.6) is 11.5 Å². The van der Waals surface area contributed by atoms with E-state index in [4.69, 9.17) is 15.2 Å². The van der Waals surface area contributed by atoms with Crippen molar-refractivity contribution in [1.82, 2.24) is 15.2 Å². The van der Waals surface area contributed by atoms with E-state index in [1.165, 1.54) is 6.07 Å². The fourth-order valence-electron chi connectivity index (χ4n) is 2.49. The number of benzene rings is 2. The highest BCUT2D eigenvalue weighted by atomic mass is 19.1. The summed E-state index contributed by atoms with van der Waals surface area (Å²) < 4.78 is 24.7. The molecule has 0 radical (unpaired) electrons. The number of hydrogen-bond acceptors (Lipinski definition) is 5. The van der Waals surface area contributed by atoms with Crippen LogP contribution in [0, 0.1) is 5.82 Å². The maximum Gasteiger partial charge on any atom is 0.184 e. The molecule has 0 bridgehead atoms. The highest BCUT2D eigenvalue weighted by Crippen LogP contribution is 2.31. The standard InChI is InChI=1S/C18H19FN4O2/c1-3-25-15-10-11(8-9-14(15)24-2)16(20)18-21-17(22-23-18)12-6-4-5-7-13(12)19/h4-10,16H,3,20H2,1-2H3,(H,21,22,23)/t16-/m1/s1. The highest BCUT2D eigenvalue weighted by molar-refractivity contribution is 5.55. The van der Waals surface area contributed by atoms with E-state index in [2.05, 4.69) is 15.2 Å². The Balaban J connectivity index is 1.90. The third-order valence-electron chi connectivity index (χ3n) is 3.76. The molecule has 1 heterocycles. The Kier molecular flexibility index (Phi) is 4.95. The van der Waals surface area contributed by atoms with E-state index in [1.54, 1.807) is 37.4 Å². The molecule has 3 rings (SSSR count). The normalized spacial score (nSPS) is 12.0. The second kappa shape index (κ2) is 7.31. The maximum absolute atomic E-state index is 13.9. The predicted molar refractivity (Wildman–Crippen MR) is 92.0 cm³/mol. The van der Waals surface area contributed by atoms with E-state index in [-0.39, 0.29) is 11.6 Å². The minimum Gasteiger partial charge on any atom is -0.493 e. The van der Waals surface area contributed by atoms with Gasteiger partial charge in [-0.15, -0.1) is 0 Å². The maximum atomic E-state index is 13.9. The van der Waals surface area contributed by atoms with E-state index in [0.717, 1.165) is 5.56 Å². The summed E-state index contributed by atoms with van der Waals surface area (Å²) in [6.45, 7) is 2.40. The Morgan fingerprint density at radius 2 is 2.00 bits per heavy atom. The number of halogens is 1. The van der Waals surface area contributed by atoms with Crippen molar-refractivity contribution in [2.45, 2.75) is 13.0 Å². The van der Waals surface area contributed by atoms with Crippen LogP contribution in [0.4, 0.5) is 4.39 Å². The summed E-state index contributed by atoms with van der Waals surface area (Å²) in [5.41, 5.74) is 7.38. The van der Waals surface area contributed by atoms with E-state index in [1.807, 2.05) is 13.0 Å². The number of H-pyrrole nitrogens is 1. The molecule has 0 aliphatic rings. The SMILES string of the molecule is CCOc1cc([C@@H](N)c2nc(-c3ccccc3F)n[nH]2)ccc1OC. The molecule has 1 atom stereocenters. The molecule has 0 amide bonds. The first-order valence-corrected chi connectivity index (χ1v) is 7.87. The molecule has 6 nitrogen and oxygen atoms in total. The average molecular weight is 342 g/mol. The summed E-state index contributed by atoms with van der Waals surface area (Å²) in [6, 6.07) is 11.2. The lowest BCUT2D eigenvalue weighted by molar-refractivity contribution is 0.310. The topological polar surface area (TPSA) is 86.0 Å². The Hall–Kier alpha value is -2.93. The number of ether oxygens (including phenoxy) is 2. The molecule has 0 saturated heterocycles. The van der Waals surface area contributed by atoms with Crippen molar-refractivity contribution in [1.29, 1.82) is 0 Å². The number of aromatic amines is 1. The number of rotatable bonds is 6. The van der Waals surface area contributed by atoms with Crippen LogP contribution in [0.1, 0.15) is 24.4 Å². The second-order valence-corrected chi connectivity index (χ2v) is 5.35. The summed E-state index contributed by atoms with van der Waals surface area (Å²) >= 11 is 0. The minimum absolute atomic E-state index is 0.266. The fourth-order valence-corrected chi connectivity index (χ4v) is 2.49. The molecule has 0 spiro atoms. The van der Waals surface area contributed by atoms with Crippen LogP contribution in [-0.2, 0) is 0 Å². The lowest BCUT2D eigenvalue weighted by Crippen LogP contribution is -2.14. The molecule has 7 heteroatoms. The molecule has 0 aliphatic carbocycles. The molecular formula is C18H19FN4O2. The largest absolute Gasteiger partial charge is 0.493 e. The van der Waals surface area contributed by atoms with Gasteiger partial charge in [0, 0.05) is 0 Å². The van der Waals surface area contributed by atoms with Crippen molar-refractivity contribution < 1.29 is 13.9 Å². The molecule has 130 valence electrons. The van der Waals surface area contributed by atoms with Gasteiger partial charge < -0.3 is 15.2 Å². The molecule has 1 aromatic heterocycles. The quantitative estimate of drug-likeness (QED) is 0.719. The second-order valence-electron chi connectivity index (χ2n) is 5.35. The van der Waals surface area contributed by atoms with Gasteiger partial charge in [0.05, 0.1) is 25.3 Å². The van der Waals surface area contributed by atoms with Crippen molar-refractivity contribution in [3.63, 3.8) is 0 Å². The van der Waals surface area contributed by atoms with Gasteiger partial charge in [0.1, 0.15) is 11.6 Å². The highest BCUT2D eigenvalue weighted by Gasteiger charge is 2.18. The van der Waals surface area contributed by atoms with Crippen LogP contribution < -0.4 is 15.2 Å². The Morgan fingerprint density at radius 1 is 1.20 bits per heavy atom. The van der Waals surface area contributed by atoms with Gasteiger partial charge in [-0.05, 0) is 36.8 Å². The van der Waals surface area contributed by atoms with Crippen LogP contribution in [-0.4, -0.2) is 28.9 Å². The lowest BCUT2D eigenvalue weighted by atomic mass is 10.1. The predicted octanol–water partition coefficient (Wildman–Crippen LogP) is 3.07. The van der Waals surface area contributed by atoms with Crippen molar-refractivity contribution in [3.05, 3.63) is 59.7 Å². The van der Waals surface area contributed by atoms with Gasteiger partial charge in [-0.25, -0.2) is 9.37 Å². The van der Waals surface area contributed by atoms with Gasteiger partial charge in [0.2, 0.25) is 0 Å². The average Bonchev–Trinajstić information content (AvgIpc) is 3.11. The summed E-state index contributed by atoms with van der Waals surface area (Å²) in [7, 11) is 1.58. The molecule has 25 heavy (non-hydrogen) atoms. The minimum atomic E-state index is -0.557. The third kappa shape index (κ3) is 3.46. The summed E-state index contributed by atoms with van der Waals surface area (Å²) in [4.78, 5) is 4.33. The molecule has 0 saturated carbocycles. The molecule has 3 aromatic rings. The first kappa shape index (κ1) is 16.9. The van der Waals surface area contributed by atoms with Crippen molar-refractivity contribution >= 4 is 0 Å². The number of nitrogens with two attached hydrogens (primary N) is 1. The Morgan fingerprint density at radius 3 is 2.72 bits per heavy atom. The molecule has 3 N–H and O–H groups in total. The van der Waals surface area contributed by atoms with Gasteiger partial charge in [-0.3, -0.25) is 5.10 Å². The van der Waals surface area contributed by atoms with Crippen LogP contribution in [0.3, 0.4) is 0 Å².